The third-order valence-electron chi connectivity index (χ3n) is 2.65. The topological polar surface area (TPSA) is 38.0 Å². The minimum Gasteiger partial charge on any atom is -0.397 e. The molecule has 0 heterocycles. The van der Waals surface area contributed by atoms with Gasteiger partial charge in [-0.05, 0) is 38.8 Å². The highest BCUT2D eigenvalue weighted by molar-refractivity contribution is 5.70. The van der Waals surface area contributed by atoms with Gasteiger partial charge in [-0.3, -0.25) is 0 Å². The molecule has 2 heteroatoms. The first kappa shape index (κ1) is 10.9. The van der Waals surface area contributed by atoms with Crippen LogP contribution in [-0.4, -0.2) is 5.54 Å². The zero-order valence-corrected chi connectivity index (χ0v) is 9.52. The maximum atomic E-state index is 5.92. The van der Waals surface area contributed by atoms with Crippen LogP contribution in [0.4, 0.5) is 11.4 Å². The van der Waals surface area contributed by atoms with Crippen LogP contribution in [0.5, 0.6) is 0 Å². The van der Waals surface area contributed by atoms with Gasteiger partial charge in [0.15, 0.2) is 0 Å². The lowest BCUT2D eigenvalue weighted by molar-refractivity contribution is 0.547. The van der Waals surface area contributed by atoms with E-state index in [4.69, 9.17) is 5.73 Å². The molecule has 0 saturated carbocycles. The fraction of sp³-hybridized carbons (Fsp3) is 0.500. The van der Waals surface area contributed by atoms with Crippen molar-refractivity contribution in [3.8, 4) is 0 Å². The van der Waals surface area contributed by atoms with Crippen molar-refractivity contribution in [2.75, 3.05) is 11.1 Å². The van der Waals surface area contributed by atoms with Crippen LogP contribution in [0.25, 0.3) is 0 Å². The van der Waals surface area contributed by atoms with Crippen LogP contribution >= 0.6 is 0 Å². The first-order valence-electron chi connectivity index (χ1n) is 5.09. The molecule has 0 aliphatic rings. The molecule has 0 amide bonds. The molecular weight excluding hydrogens is 172 g/mol. The summed E-state index contributed by atoms with van der Waals surface area (Å²) in [6.45, 7) is 8.60. The quantitative estimate of drug-likeness (QED) is 0.722. The number of nitrogens with two attached hydrogens (primary N) is 1. The average Bonchev–Trinajstić information content (AvgIpc) is 2.12. The van der Waals surface area contributed by atoms with Gasteiger partial charge in [0.2, 0.25) is 0 Å². The van der Waals surface area contributed by atoms with Gasteiger partial charge in [0.25, 0.3) is 0 Å². The van der Waals surface area contributed by atoms with Crippen molar-refractivity contribution in [3.05, 3.63) is 23.8 Å². The van der Waals surface area contributed by atoms with E-state index in [0.717, 1.165) is 17.8 Å². The Labute approximate surface area is 86.5 Å². The monoisotopic (exact) mass is 192 g/mol. The van der Waals surface area contributed by atoms with Crippen LogP contribution in [0.15, 0.2) is 18.2 Å². The van der Waals surface area contributed by atoms with Gasteiger partial charge in [-0.2, -0.15) is 0 Å². The highest BCUT2D eigenvalue weighted by Crippen LogP contribution is 2.26. The molecule has 0 radical (unpaired) electrons. The van der Waals surface area contributed by atoms with Crippen molar-refractivity contribution in [3.63, 3.8) is 0 Å². The van der Waals surface area contributed by atoms with Crippen molar-refractivity contribution in [2.24, 2.45) is 0 Å². The molecule has 0 aliphatic carbocycles. The molecule has 3 N–H and O–H groups in total. The Bertz CT molecular complexity index is 296. The van der Waals surface area contributed by atoms with E-state index >= 15 is 0 Å². The third kappa shape index (κ3) is 2.41. The minimum atomic E-state index is 0.0975. The lowest BCUT2D eigenvalue weighted by Gasteiger charge is -2.27. The molecule has 1 aromatic carbocycles. The molecular formula is C12H20N2. The summed E-state index contributed by atoms with van der Waals surface area (Å²) in [5.74, 6) is 0. The first-order chi connectivity index (χ1) is 6.46. The van der Waals surface area contributed by atoms with Gasteiger partial charge in [-0.1, -0.05) is 19.1 Å². The molecule has 0 atom stereocenters. The second-order valence-corrected chi connectivity index (χ2v) is 4.40. The fourth-order valence-electron chi connectivity index (χ4n) is 1.29. The van der Waals surface area contributed by atoms with E-state index < -0.39 is 0 Å². The summed E-state index contributed by atoms with van der Waals surface area (Å²) < 4.78 is 0. The Balaban J connectivity index is 2.97. The maximum Gasteiger partial charge on any atom is 0.0607 e. The Morgan fingerprint density at radius 2 is 2.00 bits per heavy atom. The van der Waals surface area contributed by atoms with E-state index in [1.807, 2.05) is 12.1 Å². The van der Waals surface area contributed by atoms with Crippen LogP contribution < -0.4 is 11.1 Å². The average molecular weight is 192 g/mol. The molecule has 0 unspecified atom stereocenters. The van der Waals surface area contributed by atoms with Crippen molar-refractivity contribution >= 4 is 11.4 Å². The zero-order chi connectivity index (χ0) is 10.8. The zero-order valence-electron chi connectivity index (χ0n) is 9.52. The number of nitrogen functional groups attached to an aromatic ring is 1. The molecule has 1 aromatic rings. The van der Waals surface area contributed by atoms with Gasteiger partial charge in [-0.25, -0.2) is 0 Å². The number of hydrogen-bond acceptors (Lipinski definition) is 2. The van der Waals surface area contributed by atoms with Crippen LogP contribution in [0, 0.1) is 6.92 Å². The van der Waals surface area contributed by atoms with E-state index in [-0.39, 0.29) is 5.54 Å². The molecule has 0 spiro atoms. The van der Waals surface area contributed by atoms with E-state index in [2.05, 4.69) is 39.1 Å². The van der Waals surface area contributed by atoms with Gasteiger partial charge in [-0.15, -0.1) is 0 Å². The van der Waals surface area contributed by atoms with Gasteiger partial charge in [0.1, 0.15) is 0 Å². The molecule has 0 bridgehead atoms. The summed E-state index contributed by atoms with van der Waals surface area (Å²) in [5.41, 5.74) is 9.11. The lowest BCUT2D eigenvalue weighted by atomic mass is 10.0. The van der Waals surface area contributed by atoms with Crippen molar-refractivity contribution in [2.45, 2.75) is 39.7 Å². The molecule has 78 valence electrons. The Morgan fingerprint density at radius 3 is 2.50 bits per heavy atom. The van der Waals surface area contributed by atoms with E-state index in [9.17, 15) is 0 Å². The molecule has 0 fully saturated rings. The van der Waals surface area contributed by atoms with Gasteiger partial charge >= 0.3 is 0 Å². The van der Waals surface area contributed by atoms with Crippen LogP contribution in [-0.2, 0) is 0 Å². The Kier molecular flexibility index (Phi) is 3.04. The van der Waals surface area contributed by atoms with Crippen LogP contribution in [0.2, 0.25) is 0 Å². The summed E-state index contributed by atoms with van der Waals surface area (Å²) >= 11 is 0. The predicted molar refractivity (Wildman–Crippen MR) is 63.6 cm³/mol. The number of anilines is 2. The standard InChI is InChI=1S/C12H20N2/c1-5-12(3,4)14-11-9(2)7-6-8-10(11)13/h6-8,14H,5,13H2,1-4H3. The molecule has 1 rings (SSSR count). The fourth-order valence-corrected chi connectivity index (χ4v) is 1.29. The summed E-state index contributed by atoms with van der Waals surface area (Å²) in [6, 6.07) is 5.99. The number of aryl methyl sites for hydroxylation is 1. The van der Waals surface area contributed by atoms with Gasteiger partial charge in [0, 0.05) is 5.54 Å². The Morgan fingerprint density at radius 1 is 1.36 bits per heavy atom. The number of para-hydroxylation sites is 1. The Hall–Kier alpha value is -1.18. The maximum absolute atomic E-state index is 5.92. The summed E-state index contributed by atoms with van der Waals surface area (Å²) in [4.78, 5) is 0. The SMILES string of the molecule is CCC(C)(C)Nc1c(C)cccc1N. The van der Waals surface area contributed by atoms with Crippen molar-refractivity contribution < 1.29 is 0 Å². The number of hydrogen-bond donors (Lipinski definition) is 2. The lowest BCUT2D eigenvalue weighted by Crippen LogP contribution is -2.30. The van der Waals surface area contributed by atoms with E-state index in [1.165, 1.54) is 5.56 Å². The van der Waals surface area contributed by atoms with Gasteiger partial charge < -0.3 is 11.1 Å². The highest BCUT2D eigenvalue weighted by Gasteiger charge is 2.16. The predicted octanol–water partition coefficient (Wildman–Crippen LogP) is 3.18. The van der Waals surface area contributed by atoms with Crippen molar-refractivity contribution in [1.29, 1.82) is 0 Å². The summed E-state index contributed by atoms with van der Waals surface area (Å²) in [6.07, 6.45) is 1.07. The molecule has 14 heavy (non-hydrogen) atoms. The second-order valence-electron chi connectivity index (χ2n) is 4.40. The smallest absolute Gasteiger partial charge is 0.0607 e. The number of rotatable bonds is 3. The molecule has 2 nitrogen and oxygen atoms in total. The van der Waals surface area contributed by atoms with Crippen LogP contribution in [0.3, 0.4) is 0 Å². The summed E-state index contributed by atoms with van der Waals surface area (Å²) in [5, 5.41) is 3.48. The molecule has 0 saturated heterocycles. The van der Waals surface area contributed by atoms with Crippen molar-refractivity contribution in [1.82, 2.24) is 0 Å². The first-order valence-corrected chi connectivity index (χ1v) is 5.09. The molecule has 0 aromatic heterocycles. The normalized spacial score (nSPS) is 11.4. The third-order valence-corrected chi connectivity index (χ3v) is 2.65. The largest absolute Gasteiger partial charge is 0.397 e. The second kappa shape index (κ2) is 3.91. The van der Waals surface area contributed by atoms with Crippen LogP contribution in [0.1, 0.15) is 32.8 Å². The number of benzene rings is 1. The minimum absolute atomic E-state index is 0.0975. The van der Waals surface area contributed by atoms with E-state index in [0.29, 0.717) is 0 Å². The van der Waals surface area contributed by atoms with Gasteiger partial charge in [0.05, 0.1) is 11.4 Å². The highest BCUT2D eigenvalue weighted by atomic mass is 15.0. The summed E-state index contributed by atoms with van der Waals surface area (Å²) in [7, 11) is 0. The number of nitrogens with one attached hydrogen (secondary N) is 1. The molecule has 0 aliphatic heterocycles. The van der Waals surface area contributed by atoms with E-state index in [1.54, 1.807) is 0 Å².